The van der Waals surface area contributed by atoms with E-state index in [2.05, 4.69) is 0 Å². The Morgan fingerprint density at radius 2 is 1.65 bits per heavy atom. The predicted octanol–water partition coefficient (Wildman–Crippen LogP) is 3.92. The first-order chi connectivity index (χ1) is 16.3. The van der Waals surface area contributed by atoms with E-state index in [0.29, 0.717) is 24.2 Å². The van der Waals surface area contributed by atoms with Gasteiger partial charge in [0.15, 0.2) is 6.10 Å². The third-order valence-corrected chi connectivity index (χ3v) is 6.40. The van der Waals surface area contributed by atoms with Crippen LogP contribution in [-0.2, 0) is 16.0 Å². The molecule has 178 valence electrons. The van der Waals surface area contributed by atoms with Gasteiger partial charge in [-0.15, -0.1) is 0 Å². The molecule has 0 radical (unpaired) electrons. The van der Waals surface area contributed by atoms with Gasteiger partial charge in [-0.05, 0) is 68.5 Å². The number of piperidine rings is 1. The molecule has 2 aromatic rings. The number of hydrogen-bond acceptors (Lipinski definition) is 7. The number of ether oxygens (including phenoxy) is 1. The van der Waals surface area contributed by atoms with E-state index < -0.39 is 17.0 Å². The molecular weight excluding hydrogens is 438 g/mol. The van der Waals surface area contributed by atoms with Gasteiger partial charge < -0.3 is 14.5 Å². The van der Waals surface area contributed by atoms with E-state index in [1.54, 1.807) is 29.2 Å². The Labute approximate surface area is 197 Å². The van der Waals surface area contributed by atoms with Crippen molar-refractivity contribution in [2.75, 3.05) is 29.4 Å². The average molecular weight is 466 g/mol. The lowest BCUT2D eigenvalue weighted by Crippen LogP contribution is -2.30. The van der Waals surface area contributed by atoms with Gasteiger partial charge in [0.25, 0.3) is 5.69 Å². The molecule has 4 rings (SSSR count). The summed E-state index contributed by atoms with van der Waals surface area (Å²) in [6.45, 7) is 5.02. The van der Waals surface area contributed by atoms with E-state index in [4.69, 9.17) is 4.74 Å². The minimum Gasteiger partial charge on any atom is -0.451 e. The summed E-state index contributed by atoms with van der Waals surface area (Å²) >= 11 is 0. The number of nitro benzene ring substituents is 1. The van der Waals surface area contributed by atoms with Crippen molar-refractivity contribution < 1.29 is 24.0 Å². The number of nitro groups is 1. The van der Waals surface area contributed by atoms with E-state index in [1.165, 1.54) is 26.0 Å². The molecule has 1 amide bonds. The number of carbonyl (C=O) groups excluding carboxylic acids is 3. The summed E-state index contributed by atoms with van der Waals surface area (Å²) < 4.78 is 5.36. The Bertz CT molecular complexity index is 1160. The van der Waals surface area contributed by atoms with Gasteiger partial charge in [0.2, 0.25) is 11.7 Å². The van der Waals surface area contributed by atoms with Crippen LogP contribution in [0.4, 0.5) is 17.1 Å². The van der Waals surface area contributed by atoms with Crippen molar-refractivity contribution >= 4 is 34.7 Å². The van der Waals surface area contributed by atoms with Crippen LogP contribution >= 0.6 is 0 Å². The largest absolute Gasteiger partial charge is 0.451 e. The zero-order chi connectivity index (χ0) is 24.4. The number of amides is 1. The van der Waals surface area contributed by atoms with E-state index in [9.17, 15) is 24.5 Å². The molecule has 0 aliphatic carbocycles. The van der Waals surface area contributed by atoms with E-state index in [1.807, 2.05) is 4.90 Å². The van der Waals surface area contributed by atoms with Crippen molar-refractivity contribution in [1.29, 1.82) is 0 Å². The molecule has 9 nitrogen and oxygen atoms in total. The van der Waals surface area contributed by atoms with Crippen LogP contribution in [0, 0.1) is 10.1 Å². The molecule has 0 saturated carbocycles. The summed E-state index contributed by atoms with van der Waals surface area (Å²) in [5.41, 5.74) is 2.43. The van der Waals surface area contributed by atoms with Crippen molar-refractivity contribution in [1.82, 2.24) is 0 Å². The van der Waals surface area contributed by atoms with Crippen molar-refractivity contribution in [2.24, 2.45) is 0 Å². The Balaban J connectivity index is 1.48. The van der Waals surface area contributed by atoms with E-state index in [0.717, 1.165) is 43.6 Å². The molecule has 0 spiro atoms. The third-order valence-electron chi connectivity index (χ3n) is 6.40. The van der Waals surface area contributed by atoms with Crippen molar-refractivity contribution in [3.63, 3.8) is 0 Å². The molecule has 0 aromatic heterocycles. The topological polar surface area (TPSA) is 110 Å². The standard InChI is InChI=1S/C25H27N3O6/c1-16(24(30)19-6-8-21-18(14-19)10-13-27(21)17(2)29)34-25(31)20-7-9-22(23(15-20)28(32)33)26-11-4-3-5-12-26/h6-9,14-16H,3-5,10-13H2,1-2H3/t16-/m0/s1. The highest BCUT2D eigenvalue weighted by molar-refractivity contribution is 6.03. The highest BCUT2D eigenvalue weighted by atomic mass is 16.6. The number of nitrogens with zero attached hydrogens (tertiary/aromatic N) is 3. The van der Waals surface area contributed by atoms with Gasteiger partial charge in [-0.25, -0.2) is 4.79 Å². The van der Waals surface area contributed by atoms with Crippen LogP contribution in [0.5, 0.6) is 0 Å². The van der Waals surface area contributed by atoms with Crippen molar-refractivity contribution in [3.05, 3.63) is 63.2 Å². The number of benzene rings is 2. The van der Waals surface area contributed by atoms with Gasteiger partial charge in [0, 0.05) is 43.9 Å². The van der Waals surface area contributed by atoms with Crippen LogP contribution in [0.25, 0.3) is 0 Å². The van der Waals surface area contributed by atoms with Crippen LogP contribution < -0.4 is 9.80 Å². The van der Waals surface area contributed by atoms with Crippen LogP contribution in [0.1, 0.15) is 59.4 Å². The maximum atomic E-state index is 12.9. The normalized spacial score (nSPS) is 16.1. The zero-order valence-corrected chi connectivity index (χ0v) is 19.3. The number of esters is 1. The quantitative estimate of drug-likeness (QED) is 0.275. The highest BCUT2D eigenvalue weighted by Gasteiger charge is 2.27. The van der Waals surface area contributed by atoms with E-state index >= 15 is 0 Å². The Hall–Kier alpha value is -3.75. The predicted molar refractivity (Wildman–Crippen MR) is 127 cm³/mol. The fraction of sp³-hybridized carbons (Fsp3) is 0.400. The fourth-order valence-electron chi connectivity index (χ4n) is 4.60. The molecular formula is C25H27N3O6. The molecule has 2 aliphatic rings. The second-order valence-corrected chi connectivity index (χ2v) is 8.68. The zero-order valence-electron chi connectivity index (χ0n) is 19.3. The molecule has 0 N–H and O–H groups in total. The first kappa shape index (κ1) is 23.4. The molecule has 2 aromatic carbocycles. The Morgan fingerprint density at radius 3 is 2.32 bits per heavy atom. The Kier molecular flexibility index (Phi) is 6.63. The molecule has 9 heteroatoms. The highest BCUT2D eigenvalue weighted by Crippen LogP contribution is 2.32. The van der Waals surface area contributed by atoms with Gasteiger partial charge in [0.1, 0.15) is 5.69 Å². The lowest BCUT2D eigenvalue weighted by Gasteiger charge is -2.28. The lowest BCUT2D eigenvalue weighted by molar-refractivity contribution is -0.384. The summed E-state index contributed by atoms with van der Waals surface area (Å²) in [5, 5.41) is 11.7. The summed E-state index contributed by atoms with van der Waals surface area (Å²) in [4.78, 5) is 52.1. The molecule has 0 bridgehead atoms. The summed E-state index contributed by atoms with van der Waals surface area (Å²) in [6, 6.07) is 9.37. The van der Waals surface area contributed by atoms with Gasteiger partial charge in [-0.2, -0.15) is 0 Å². The van der Waals surface area contributed by atoms with Crippen LogP contribution in [-0.4, -0.2) is 48.3 Å². The number of rotatable bonds is 6. The molecule has 1 atom stereocenters. The number of anilines is 2. The van der Waals surface area contributed by atoms with Crippen molar-refractivity contribution in [3.8, 4) is 0 Å². The number of hydrogen-bond donors (Lipinski definition) is 0. The van der Waals surface area contributed by atoms with E-state index in [-0.39, 0.29) is 22.9 Å². The Morgan fingerprint density at radius 1 is 0.971 bits per heavy atom. The second kappa shape index (κ2) is 9.62. The van der Waals surface area contributed by atoms with Gasteiger partial charge >= 0.3 is 5.97 Å². The molecule has 34 heavy (non-hydrogen) atoms. The number of carbonyl (C=O) groups is 3. The first-order valence-corrected chi connectivity index (χ1v) is 11.5. The molecule has 1 fully saturated rings. The summed E-state index contributed by atoms with van der Waals surface area (Å²) in [7, 11) is 0. The number of ketones is 1. The molecule has 0 unspecified atom stereocenters. The minimum atomic E-state index is -1.07. The summed E-state index contributed by atoms with van der Waals surface area (Å²) in [5.74, 6) is -1.23. The number of fused-ring (bicyclic) bond motifs is 1. The maximum absolute atomic E-state index is 12.9. The lowest BCUT2D eigenvalue weighted by atomic mass is 10.0. The van der Waals surface area contributed by atoms with Gasteiger partial charge in [-0.1, -0.05) is 0 Å². The third kappa shape index (κ3) is 4.64. The molecule has 2 heterocycles. The van der Waals surface area contributed by atoms with Gasteiger partial charge in [0.05, 0.1) is 10.5 Å². The smallest absolute Gasteiger partial charge is 0.339 e. The van der Waals surface area contributed by atoms with Crippen LogP contribution in [0.3, 0.4) is 0 Å². The first-order valence-electron chi connectivity index (χ1n) is 11.5. The summed E-state index contributed by atoms with van der Waals surface area (Å²) in [6.07, 6.45) is 2.61. The van der Waals surface area contributed by atoms with Crippen LogP contribution in [0.15, 0.2) is 36.4 Å². The van der Waals surface area contributed by atoms with Gasteiger partial charge in [-0.3, -0.25) is 19.7 Å². The second-order valence-electron chi connectivity index (χ2n) is 8.68. The van der Waals surface area contributed by atoms with Crippen LogP contribution in [0.2, 0.25) is 0 Å². The molecule has 2 aliphatic heterocycles. The SMILES string of the molecule is CC(=O)N1CCc2cc(C(=O)[C@H](C)OC(=O)c3ccc(N4CCCCC4)c([N+](=O)[O-])c3)ccc21. The minimum absolute atomic E-state index is 0.0261. The fourth-order valence-corrected chi connectivity index (χ4v) is 4.60. The maximum Gasteiger partial charge on any atom is 0.339 e. The molecule has 1 saturated heterocycles. The average Bonchev–Trinajstić information content (AvgIpc) is 3.27. The van der Waals surface area contributed by atoms with Crippen molar-refractivity contribution in [2.45, 2.75) is 45.6 Å². The monoisotopic (exact) mass is 465 g/mol. The number of Topliss-reactive ketones (excluding diaryl/α,β-unsaturated/α-hetero) is 1.